The van der Waals surface area contributed by atoms with Crippen molar-refractivity contribution in [1.82, 2.24) is 9.97 Å². The molecule has 206 valence electrons. The first kappa shape index (κ1) is 24.6. The molecule has 0 spiro atoms. The van der Waals surface area contributed by atoms with Gasteiger partial charge < -0.3 is 9.32 Å². The lowest BCUT2D eigenvalue weighted by Crippen LogP contribution is -2.12. The van der Waals surface area contributed by atoms with Crippen LogP contribution in [0.2, 0.25) is 0 Å². The summed E-state index contributed by atoms with van der Waals surface area (Å²) in [5.74, 6) is 0.693. The highest BCUT2D eigenvalue weighted by Crippen LogP contribution is 2.45. The van der Waals surface area contributed by atoms with Crippen molar-refractivity contribution in [2.75, 3.05) is 4.90 Å². The number of rotatable bonds is 4. The van der Waals surface area contributed by atoms with Crippen LogP contribution in [-0.4, -0.2) is 9.97 Å². The summed E-state index contributed by atoms with van der Waals surface area (Å²) in [6.45, 7) is 0. The number of para-hydroxylation sites is 1. The Morgan fingerprint density at radius 1 is 0.523 bits per heavy atom. The first-order chi connectivity index (χ1) is 21.8. The molecule has 0 saturated carbocycles. The van der Waals surface area contributed by atoms with Crippen LogP contribution in [-0.2, 0) is 0 Å². The quantitative estimate of drug-likeness (QED) is 0.214. The van der Waals surface area contributed by atoms with Gasteiger partial charge in [-0.05, 0) is 53.4 Å². The number of furan rings is 1. The molecule has 8 aromatic rings. The molecule has 0 atom stereocenters. The van der Waals surface area contributed by atoms with Gasteiger partial charge in [0, 0.05) is 44.7 Å². The third-order valence-corrected chi connectivity index (χ3v) is 8.42. The standard InChI is InChI=1S/C40H25N3O/c1-3-11-26(12-4-1)33-25-34(27-13-5-2-6-14-27)42-40(41-33)29-16-9-17-30(23-29)43-22-21-32-38-28(15-10-19-35(38)43)24-37-39(32)31-18-7-8-20-36(31)44-37/h1-25H. The maximum atomic E-state index is 6.26. The molecule has 4 heteroatoms. The van der Waals surface area contributed by atoms with Gasteiger partial charge in [0.05, 0.1) is 17.1 Å². The number of benzene rings is 6. The summed E-state index contributed by atoms with van der Waals surface area (Å²) in [6, 6.07) is 48.1. The van der Waals surface area contributed by atoms with E-state index in [0.29, 0.717) is 5.82 Å². The zero-order valence-corrected chi connectivity index (χ0v) is 23.7. The van der Waals surface area contributed by atoms with Crippen molar-refractivity contribution in [3.05, 3.63) is 151 Å². The average molecular weight is 564 g/mol. The molecule has 0 unspecified atom stereocenters. The van der Waals surface area contributed by atoms with Gasteiger partial charge in [-0.25, -0.2) is 9.97 Å². The van der Waals surface area contributed by atoms with Gasteiger partial charge in [0.1, 0.15) is 11.2 Å². The van der Waals surface area contributed by atoms with E-state index in [1.54, 1.807) is 0 Å². The van der Waals surface area contributed by atoms with Crippen LogP contribution in [0.5, 0.6) is 0 Å². The van der Waals surface area contributed by atoms with Gasteiger partial charge in [0.15, 0.2) is 5.82 Å². The fourth-order valence-electron chi connectivity index (χ4n) is 6.39. The lowest BCUT2D eigenvalue weighted by Gasteiger charge is -2.27. The highest BCUT2D eigenvalue weighted by Gasteiger charge is 2.22. The minimum atomic E-state index is 0.693. The normalized spacial score (nSPS) is 12.4. The van der Waals surface area contributed by atoms with E-state index in [-0.39, 0.29) is 0 Å². The molecule has 0 aliphatic carbocycles. The molecule has 1 aliphatic rings. The Morgan fingerprint density at radius 2 is 1.20 bits per heavy atom. The molecule has 0 bridgehead atoms. The van der Waals surface area contributed by atoms with Gasteiger partial charge >= 0.3 is 0 Å². The molecule has 4 nitrogen and oxygen atoms in total. The van der Waals surface area contributed by atoms with E-state index in [1.165, 1.54) is 10.9 Å². The lowest BCUT2D eigenvalue weighted by molar-refractivity contribution is 0.669. The monoisotopic (exact) mass is 563 g/mol. The van der Waals surface area contributed by atoms with Crippen molar-refractivity contribution in [2.45, 2.75) is 0 Å². The average Bonchev–Trinajstić information content (AvgIpc) is 3.47. The maximum Gasteiger partial charge on any atom is 0.160 e. The van der Waals surface area contributed by atoms with E-state index in [4.69, 9.17) is 14.4 Å². The van der Waals surface area contributed by atoms with Crippen molar-refractivity contribution >= 4 is 50.2 Å². The molecule has 0 fully saturated rings. The largest absolute Gasteiger partial charge is 0.456 e. The Labute approximate surface area is 254 Å². The molecule has 3 heterocycles. The van der Waals surface area contributed by atoms with Gasteiger partial charge in [-0.3, -0.25) is 0 Å². The lowest BCUT2D eigenvalue weighted by atomic mass is 9.94. The molecule has 1 aliphatic heterocycles. The Balaban J connectivity index is 1.19. The van der Waals surface area contributed by atoms with Gasteiger partial charge in [-0.2, -0.15) is 0 Å². The number of nitrogens with zero attached hydrogens (tertiary/aromatic N) is 3. The fraction of sp³-hybridized carbons (Fsp3) is 0. The molecule has 2 aromatic heterocycles. The van der Waals surface area contributed by atoms with Gasteiger partial charge in [0.25, 0.3) is 0 Å². The SMILES string of the molecule is C1=CN(c2cccc(-c3nc(-c4ccccc4)cc(-c4ccccc4)n3)c2)c2cccc3cc4oc5ccccc5c4c1c23. The fourth-order valence-corrected chi connectivity index (χ4v) is 6.39. The number of aromatic nitrogens is 2. The number of hydrogen-bond acceptors (Lipinski definition) is 4. The van der Waals surface area contributed by atoms with E-state index >= 15 is 0 Å². The van der Waals surface area contributed by atoms with Crippen LogP contribution in [0.3, 0.4) is 0 Å². The van der Waals surface area contributed by atoms with E-state index in [1.807, 2.05) is 48.5 Å². The molecular weight excluding hydrogens is 538 g/mol. The topological polar surface area (TPSA) is 42.2 Å². The third kappa shape index (κ3) is 3.92. The minimum Gasteiger partial charge on any atom is -0.456 e. The van der Waals surface area contributed by atoms with E-state index in [2.05, 4.69) is 108 Å². The molecule has 6 aromatic carbocycles. The van der Waals surface area contributed by atoms with Crippen molar-refractivity contribution in [3.63, 3.8) is 0 Å². The van der Waals surface area contributed by atoms with Crippen LogP contribution in [0.15, 0.2) is 150 Å². The van der Waals surface area contributed by atoms with Crippen molar-refractivity contribution in [2.24, 2.45) is 0 Å². The first-order valence-corrected chi connectivity index (χ1v) is 14.7. The molecule has 44 heavy (non-hydrogen) atoms. The summed E-state index contributed by atoms with van der Waals surface area (Å²) in [5.41, 5.74) is 10.1. The Kier molecular flexibility index (Phi) is 5.47. The summed E-state index contributed by atoms with van der Waals surface area (Å²) < 4.78 is 6.26. The summed E-state index contributed by atoms with van der Waals surface area (Å²) in [7, 11) is 0. The Hall–Kier alpha value is -6.00. The molecule has 0 amide bonds. The summed E-state index contributed by atoms with van der Waals surface area (Å²) in [4.78, 5) is 12.4. The molecular formula is C40H25N3O. The van der Waals surface area contributed by atoms with Crippen LogP contribution in [0, 0.1) is 0 Å². The van der Waals surface area contributed by atoms with Crippen LogP contribution < -0.4 is 4.90 Å². The molecule has 0 saturated heterocycles. The summed E-state index contributed by atoms with van der Waals surface area (Å²) in [6.07, 6.45) is 4.38. The maximum absolute atomic E-state index is 6.26. The summed E-state index contributed by atoms with van der Waals surface area (Å²) >= 11 is 0. The van der Waals surface area contributed by atoms with E-state index in [9.17, 15) is 0 Å². The molecule has 0 radical (unpaired) electrons. The second kappa shape index (κ2) is 9.79. The van der Waals surface area contributed by atoms with Crippen LogP contribution in [0.25, 0.3) is 72.7 Å². The zero-order chi connectivity index (χ0) is 29.0. The second-order valence-electron chi connectivity index (χ2n) is 11.1. The minimum absolute atomic E-state index is 0.693. The van der Waals surface area contributed by atoms with E-state index in [0.717, 1.165) is 66.8 Å². The second-order valence-corrected chi connectivity index (χ2v) is 11.1. The molecule has 0 N–H and O–H groups in total. The smallest absolute Gasteiger partial charge is 0.160 e. The van der Waals surface area contributed by atoms with Gasteiger partial charge in [-0.1, -0.05) is 103 Å². The highest BCUT2D eigenvalue weighted by molar-refractivity contribution is 6.20. The third-order valence-electron chi connectivity index (χ3n) is 8.42. The number of anilines is 2. The van der Waals surface area contributed by atoms with Crippen LogP contribution >= 0.6 is 0 Å². The molecule has 9 rings (SSSR count). The van der Waals surface area contributed by atoms with Crippen molar-refractivity contribution in [3.8, 4) is 33.9 Å². The first-order valence-electron chi connectivity index (χ1n) is 14.7. The predicted octanol–water partition coefficient (Wildman–Crippen LogP) is 10.7. The van der Waals surface area contributed by atoms with Gasteiger partial charge in [0.2, 0.25) is 0 Å². The van der Waals surface area contributed by atoms with Crippen molar-refractivity contribution in [1.29, 1.82) is 0 Å². The predicted molar refractivity (Wildman–Crippen MR) is 181 cm³/mol. The van der Waals surface area contributed by atoms with Crippen LogP contribution in [0.1, 0.15) is 5.56 Å². The van der Waals surface area contributed by atoms with Gasteiger partial charge in [-0.15, -0.1) is 0 Å². The van der Waals surface area contributed by atoms with E-state index < -0.39 is 0 Å². The highest BCUT2D eigenvalue weighted by atomic mass is 16.3. The Morgan fingerprint density at radius 3 is 1.98 bits per heavy atom. The number of fused-ring (bicyclic) bond motifs is 4. The Bertz CT molecular complexity index is 2330. The van der Waals surface area contributed by atoms with Crippen molar-refractivity contribution < 1.29 is 4.42 Å². The summed E-state index contributed by atoms with van der Waals surface area (Å²) in [5, 5.41) is 4.66. The number of hydrogen-bond donors (Lipinski definition) is 0. The van der Waals surface area contributed by atoms with Crippen LogP contribution in [0.4, 0.5) is 11.4 Å². The zero-order valence-electron chi connectivity index (χ0n) is 23.7.